The summed E-state index contributed by atoms with van der Waals surface area (Å²) in [5.41, 5.74) is 3.30. The predicted molar refractivity (Wildman–Crippen MR) is 96.9 cm³/mol. The molecule has 0 radical (unpaired) electrons. The smallest absolute Gasteiger partial charge is 0.224 e. The molecule has 5 heteroatoms. The molecule has 26 heavy (non-hydrogen) atoms. The average Bonchev–Trinajstić information content (AvgIpc) is 3.30. The Labute approximate surface area is 151 Å². The summed E-state index contributed by atoms with van der Waals surface area (Å²) < 4.78 is 15.0. The van der Waals surface area contributed by atoms with Crippen LogP contribution in [0.5, 0.6) is 0 Å². The number of halogens is 1. The van der Waals surface area contributed by atoms with Gasteiger partial charge in [-0.25, -0.2) is 9.37 Å². The van der Waals surface area contributed by atoms with Gasteiger partial charge in [0.2, 0.25) is 5.91 Å². The first-order chi connectivity index (χ1) is 12.7. The number of nitrogens with one attached hydrogen (secondary N) is 1. The van der Waals surface area contributed by atoms with E-state index in [0.29, 0.717) is 6.54 Å². The van der Waals surface area contributed by atoms with Gasteiger partial charge < -0.3 is 9.88 Å². The standard InChI is InChI=1S/C21H20FN3O/c22-18-7-5-17(6-8-18)19-11-20(19)21(26)24-12-15-1-3-16(4-2-15)13-25-10-9-23-14-25/h1-10,14,19-20H,11-13H2,(H,24,26). The van der Waals surface area contributed by atoms with E-state index in [2.05, 4.69) is 22.4 Å². The first-order valence-electron chi connectivity index (χ1n) is 8.76. The summed E-state index contributed by atoms with van der Waals surface area (Å²) in [6, 6.07) is 14.7. The maximum atomic E-state index is 13.0. The molecule has 4 nitrogen and oxygen atoms in total. The lowest BCUT2D eigenvalue weighted by molar-refractivity contribution is -0.122. The molecule has 1 N–H and O–H groups in total. The lowest BCUT2D eigenvalue weighted by Crippen LogP contribution is -2.24. The lowest BCUT2D eigenvalue weighted by Gasteiger charge is -2.07. The number of carbonyl (C=O) groups is 1. The average molecular weight is 349 g/mol. The van der Waals surface area contributed by atoms with Crippen LogP contribution < -0.4 is 5.32 Å². The van der Waals surface area contributed by atoms with Crippen molar-refractivity contribution in [3.63, 3.8) is 0 Å². The summed E-state index contributed by atoms with van der Waals surface area (Å²) in [4.78, 5) is 16.3. The molecule has 0 aliphatic heterocycles. The quantitative estimate of drug-likeness (QED) is 0.740. The minimum absolute atomic E-state index is 0.000903. The molecular formula is C21H20FN3O. The van der Waals surface area contributed by atoms with Gasteiger partial charge in [-0.3, -0.25) is 4.79 Å². The van der Waals surface area contributed by atoms with Crippen molar-refractivity contribution in [2.24, 2.45) is 5.92 Å². The topological polar surface area (TPSA) is 46.9 Å². The monoisotopic (exact) mass is 349 g/mol. The fourth-order valence-electron chi connectivity index (χ4n) is 3.24. The zero-order chi connectivity index (χ0) is 17.9. The largest absolute Gasteiger partial charge is 0.352 e. The van der Waals surface area contributed by atoms with Gasteiger partial charge in [0.05, 0.1) is 6.33 Å². The van der Waals surface area contributed by atoms with Crippen LogP contribution in [0.1, 0.15) is 29.0 Å². The van der Waals surface area contributed by atoms with Crippen LogP contribution in [0.15, 0.2) is 67.3 Å². The van der Waals surface area contributed by atoms with Crippen molar-refractivity contribution >= 4 is 5.91 Å². The van der Waals surface area contributed by atoms with Gasteiger partial charge in [0.25, 0.3) is 0 Å². The van der Waals surface area contributed by atoms with Gasteiger partial charge in [0.1, 0.15) is 5.82 Å². The molecule has 0 spiro atoms. The summed E-state index contributed by atoms with van der Waals surface area (Å²) in [5.74, 6) is 0.0443. The van der Waals surface area contributed by atoms with E-state index in [1.54, 1.807) is 24.7 Å². The maximum absolute atomic E-state index is 13.0. The Hall–Kier alpha value is -2.95. The number of benzene rings is 2. The van der Waals surface area contributed by atoms with Gasteiger partial charge >= 0.3 is 0 Å². The van der Waals surface area contributed by atoms with Gasteiger partial charge in [0.15, 0.2) is 0 Å². The molecule has 1 amide bonds. The number of hydrogen-bond donors (Lipinski definition) is 1. The first-order valence-corrected chi connectivity index (χ1v) is 8.76. The number of rotatable bonds is 6. The Morgan fingerprint density at radius 3 is 2.54 bits per heavy atom. The Bertz CT molecular complexity index is 873. The third kappa shape index (κ3) is 3.82. The zero-order valence-electron chi connectivity index (χ0n) is 14.3. The molecule has 1 heterocycles. The predicted octanol–water partition coefficient (Wildman–Crippen LogP) is 3.49. The highest BCUT2D eigenvalue weighted by Crippen LogP contribution is 2.47. The van der Waals surface area contributed by atoms with Crippen LogP contribution in [-0.2, 0) is 17.9 Å². The van der Waals surface area contributed by atoms with Crippen molar-refractivity contribution in [3.05, 3.63) is 89.8 Å². The second kappa shape index (κ2) is 7.12. The number of imidazole rings is 1. The molecule has 1 aliphatic carbocycles. The Morgan fingerprint density at radius 1 is 1.12 bits per heavy atom. The second-order valence-corrected chi connectivity index (χ2v) is 6.77. The molecule has 1 aromatic heterocycles. The normalized spacial score (nSPS) is 18.5. The van der Waals surface area contributed by atoms with E-state index < -0.39 is 0 Å². The highest BCUT2D eigenvalue weighted by Gasteiger charge is 2.43. The molecule has 0 saturated heterocycles. The van der Waals surface area contributed by atoms with E-state index in [9.17, 15) is 9.18 Å². The fraction of sp³-hybridized carbons (Fsp3) is 0.238. The second-order valence-electron chi connectivity index (χ2n) is 6.77. The molecule has 2 unspecified atom stereocenters. The molecule has 1 fully saturated rings. The van der Waals surface area contributed by atoms with E-state index >= 15 is 0 Å². The minimum atomic E-state index is -0.244. The number of hydrogen-bond acceptors (Lipinski definition) is 2. The molecule has 2 atom stereocenters. The van der Waals surface area contributed by atoms with Gasteiger partial charge in [-0.15, -0.1) is 0 Å². The van der Waals surface area contributed by atoms with Crippen molar-refractivity contribution in [2.45, 2.75) is 25.4 Å². The summed E-state index contributed by atoms with van der Waals surface area (Å²) >= 11 is 0. The number of aromatic nitrogens is 2. The van der Waals surface area contributed by atoms with Crippen LogP contribution in [0, 0.1) is 11.7 Å². The van der Waals surface area contributed by atoms with Gasteiger partial charge in [-0.2, -0.15) is 0 Å². The van der Waals surface area contributed by atoms with Crippen LogP contribution in [0.2, 0.25) is 0 Å². The van der Waals surface area contributed by atoms with Gasteiger partial charge in [-0.1, -0.05) is 36.4 Å². The van der Waals surface area contributed by atoms with Crippen molar-refractivity contribution in [1.82, 2.24) is 14.9 Å². The molecule has 4 rings (SSSR count). The SMILES string of the molecule is O=C(NCc1ccc(Cn2ccnc2)cc1)C1CC1c1ccc(F)cc1. The number of nitrogens with zero attached hydrogens (tertiary/aromatic N) is 2. The molecule has 1 saturated carbocycles. The number of amides is 1. The number of carbonyl (C=O) groups excluding carboxylic acids is 1. The molecule has 132 valence electrons. The van der Waals surface area contributed by atoms with E-state index in [1.807, 2.05) is 22.9 Å². The minimum Gasteiger partial charge on any atom is -0.352 e. The summed E-state index contributed by atoms with van der Waals surface area (Å²) in [6.07, 6.45) is 6.32. The Kier molecular flexibility index (Phi) is 4.52. The third-order valence-corrected chi connectivity index (χ3v) is 4.84. The summed E-state index contributed by atoms with van der Waals surface area (Å²) in [5, 5.41) is 3.01. The van der Waals surface area contributed by atoms with Crippen LogP contribution in [0.3, 0.4) is 0 Å². The van der Waals surface area contributed by atoms with E-state index in [1.165, 1.54) is 17.7 Å². The summed E-state index contributed by atoms with van der Waals surface area (Å²) in [7, 11) is 0. The fourth-order valence-corrected chi connectivity index (χ4v) is 3.24. The Morgan fingerprint density at radius 2 is 1.85 bits per heavy atom. The van der Waals surface area contributed by atoms with Crippen LogP contribution in [0.4, 0.5) is 4.39 Å². The summed E-state index contributed by atoms with van der Waals surface area (Å²) in [6.45, 7) is 1.31. The van der Waals surface area contributed by atoms with Crippen LogP contribution in [0.25, 0.3) is 0 Å². The van der Waals surface area contributed by atoms with Gasteiger partial charge in [0, 0.05) is 31.4 Å². The highest BCUT2D eigenvalue weighted by atomic mass is 19.1. The van der Waals surface area contributed by atoms with Crippen molar-refractivity contribution in [2.75, 3.05) is 0 Å². The van der Waals surface area contributed by atoms with Crippen molar-refractivity contribution < 1.29 is 9.18 Å². The molecule has 2 aromatic carbocycles. The van der Waals surface area contributed by atoms with Crippen molar-refractivity contribution in [3.8, 4) is 0 Å². The van der Waals surface area contributed by atoms with Gasteiger partial charge in [-0.05, 0) is 41.2 Å². The first kappa shape index (κ1) is 16.5. The molecular weight excluding hydrogens is 329 g/mol. The molecule has 0 bridgehead atoms. The van der Waals surface area contributed by atoms with Crippen LogP contribution >= 0.6 is 0 Å². The maximum Gasteiger partial charge on any atom is 0.224 e. The van der Waals surface area contributed by atoms with E-state index in [-0.39, 0.29) is 23.6 Å². The van der Waals surface area contributed by atoms with Crippen molar-refractivity contribution in [1.29, 1.82) is 0 Å². The van der Waals surface area contributed by atoms with E-state index in [0.717, 1.165) is 24.1 Å². The molecule has 3 aromatic rings. The van der Waals surface area contributed by atoms with E-state index in [4.69, 9.17) is 0 Å². The highest BCUT2D eigenvalue weighted by molar-refractivity contribution is 5.82. The lowest BCUT2D eigenvalue weighted by atomic mass is 10.1. The molecule has 1 aliphatic rings. The third-order valence-electron chi connectivity index (χ3n) is 4.84. The van der Waals surface area contributed by atoms with Crippen LogP contribution in [-0.4, -0.2) is 15.5 Å². The Balaban J connectivity index is 1.27. The zero-order valence-corrected chi connectivity index (χ0v) is 14.3.